The van der Waals surface area contributed by atoms with E-state index in [-0.39, 0.29) is 37.1 Å². The Morgan fingerprint density at radius 1 is 1.28 bits per heavy atom. The lowest BCUT2D eigenvalue weighted by molar-refractivity contribution is -0.125. The van der Waals surface area contributed by atoms with Gasteiger partial charge in [0.1, 0.15) is 11.6 Å². The first-order chi connectivity index (χ1) is 15.2. The van der Waals surface area contributed by atoms with Crippen LogP contribution in [-0.4, -0.2) is 51.9 Å². The SMILES string of the molecule is CC(Oc1ccc(NC(=O)C(C)N2CCC(F)(F)C(c3ccc(=O)[nH]c3)C2)nc1)C1CC1. The Morgan fingerprint density at radius 2 is 2.06 bits per heavy atom. The molecule has 9 heteroatoms. The molecular weight excluding hydrogens is 418 g/mol. The molecule has 1 saturated carbocycles. The van der Waals surface area contributed by atoms with Crippen LogP contribution in [0.5, 0.6) is 5.75 Å². The van der Waals surface area contributed by atoms with Crippen LogP contribution in [0, 0.1) is 5.92 Å². The van der Waals surface area contributed by atoms with Crippen LogP contribution in [0.25, 0.3) is 0 Å². The number of amides is 1. The highest BCUT2D eigenvalue weighted by Crippen LogP contribution is 2.40. The van der Waals surface area contributed by atoms with E-state index in [2.05, 4.69) is 15.3 Å². The van der Waals surface area contributed by atoms with Crippen LogP contribution in [0.3, 0.4) is 0 Å². The summed E-state index contributed by atoms with van der Waals surface area (Å²) in [5.41, 5.74) is 0.00739. The predicted molar refractivity (Wildman–Crippen MR) is 116 cm³/mol. The molecule has 7 nitrogen and oxygen atoms in total. The van der Waals surface area contributed by atoms with E-state index in [1.165, 1.54) is 31.2 Å². The van der Waals surface area contributed by atoms with Crippen molar-refractivity contribution in [1.82, 2.24) is 14.9 Å². The van der Waals surface area contributed by atoms with E-state index in [0.717, 1.165) is 0 Å². The van der Waals surface area contributed by atoms with Gasteiger partial charge in [0.2, 0.25) is 11.5 Å². The van der Waals surface area contributed by atoms with Gasteiger partial charge in [0.05, 0.1) is 24.3 Å². The summed E-state index contributed by atoms with van der Waals surface area (Å²) in [6, 6.07) is 5.48. The summed E-state index contributed by atoms with van der Waals surface area (Å²) in [4.78, 5) is 32.5. The van der Waals surface area contributed by atoms with Crippen LogP contribution in [0.15, 0.2) is 41.5 Å². The highest BCUT2D eigenvalue weighted by Gasteiger charge is 2.46. The highest BCUT2D eigenvalue weighted by atomic mass is 19.3. The lowest BCUT2D eigenvalue weighted by atomic mass is 9.87. The van der Waals surface area contributed by atoms with Crippen molar-refractivity contribution in [1.29, 1.82) is 0 Å². The first kappa shape index (κ1) is 22.4. The van der Waals surface area contributed by atoms with Crippen molar-refractivity contribution in [2.24, 2.45) is 5.92 Å². The van der Waals surface area contributed by atoms with Gasteiger partial charge in [0, 0.05) is 31.8 Å². The van der Waals surface area contributed by atoms with E-state index in [4.69, 9.17) is 4.74 Å². The number of carbonyl (C=O) groups excluding carboxylic acids is 1. The van der Waals surface area contributed by atoms with Gasteiger partial charge in [-0.2, -0.15) is 0 Å². The average molecular weight is 446 g/mol. The molecule has 2 aromatic heterocycles. The number of H-pyrrole nitrogens is 1. The summed E-state index contributed by atoms with van der Waals surface area (Å²) in [6.07, 6.45) is 5.06. The molecule has 0 aromatic carbocycles. The number of likely N-dealkylation sites (tertiary alicyclic amines) is 1. The number of alkyl halides is 2. The fourth-order valence-corrected chi connectivity index (χ4v) is 4.06. The molecule has 0 spiro atoms. The maximum absolute atomic E-state index is 14.6. The number of hydrogen-bond donors (Lipinski definition) is 2. The van der Waals surface area contributed by atoms with E-state index >= 15 is 0 Å². The molecule has 172 valence electrons. The average Bonchev–Trinajstić information content (AvgIpc) is 3.61. The Hall–Kier alpha value is -2.81. The number of anilines is 1. The first-order valence-corrected chi connectivity index (χ1v) is 11.0. The number of ether oxygens (including phenoxy) is 1. The van der Waals surface area contributed by atoms with Gasteiger partial charge >= 0.3 is 0 Å². The zero-order chi connectivity index (χ0) is 22.9. The molecule has 1 aliphatic heterocycles. The van der Waals surface area contributed by atoms with Crippen molar-refractivity contribution < 1.29 is 18.3 Å². The molecule has 1 saturated heterocycles. The maximum atomic E-state index is 14.6. The van der Waals surface area contributed by atoms with E-state index in [1.54, 1.807) is 30.2 Å². The fraction of sp³-hybridized carbons (Fsp3) is 0.522. The van der Waals surface area contributed by atoms with E-state index in [9.17, 15) is 18.4 Å². The van der Waals surface area contributed by atoms with Gasteiger partial charge in [0.25, 0.3) is 5.92 Å². The molecule has 1 amide bonds. The molecule has 4 rings (SSSR count). The molecule has 2 fully saturated rings. The largest absolute Gasteiger partial charge is 0.489 e. The third-order valence-corrected chi connectivity index (χ3v) is 6.39. The molecule has 0 bridgehead atoms. The van der Waals surface area contributed by atoms with Gasteiger partial charge in [-0.1, -0.05) is 6.07 Å². The molecule has 3 unspecified atom stereocenters. The predicted octanol–water partition coefficient (Wildman–Crippen LogP) is 3.40. The maximum Gasteiger partial charge on any atom is 0.257 e. The molecule has 3 heterocycles. The number of carbonyl (C=O) groups is 1. The Balaban J connectivity index is 1.37. The van der Waals surface area contributed by atoms with Crippen molar-refractivity contribution in [3.8, 4) is 5.75 Å². The minimum atomic E-state index is -2.92. The molecular formula is C23H28F2N4O3. The quantitative estimate of drug-likeness (QED) is 0.681. The van der Waals surface area contributed by atoms with Crippen molar-refractivity contribution in [3.05, 3.63) is 52.6 Å². The number of halogens is 2. The lowest BCUT2D eigenvalue weighted by Crippen LogP contribution is -2.52. The number of nitrogens with one attached hydrogen (secondary N) is 2. The zero-order valence-corrected chi connectivity index (χ0v) is 18.2. The third kappa shape index (κ3) is 5.15. The summed E-state index contributed by atoms with van der Waals surface area (Å²) in [7, 11) is 0. The van der Waals surface area contributed by atoms with Crippen LogP contribution in [-0.2, 0) is 4.79 Å². The molecule has 32 heavy (non-hydrogen) atoms. The number of aromatic amines is 1. The van der Waals surface area contributed by atoms with Gasteiger partial charge in [-0.25, -0.2) is 13.8 Å². The molecule has 1 aliphatic carbocycles. The summed E-state index contributed by atoms with van der Waals surface area (Å²) in [5, 5.41) is 2.76. The lowest BCUT2D eigenvalue weighted by Gasteiger charge is -2.40. The summed E-state index contributed by atoms with van der Waals surface area (Å²) >= 11 is 0. The number of nitrogens with zero attached hydrogens (tertiary/aromatic N) is 2. The van der Waals surface area contributed by atoms with Gasteiger partial charge in [-0.15, -0.1) is 0 Å². The summed E-state index contributed by atoms with van der Waals surface area (Å²) < 4.78 is 35.0. The number of aromatic nitrogens is 2. The van der Waals surface area contributed by atoms with Crippen molar-refractivity contribution in [2.75, 3.05) is 18.4 Å². The van der Waals surface area contributed by atoms with Gasteiger partial charge in [-0.05, 0) is 50.3 Å². The van der Waals surface area contributed by atoms with Crippen LogP contribution in [0.2, 0.25) is 0 Å². The normalized spacial score (nSPS) is 22.7. The van der Waals surface area contributed by atoms with Crippen LogP contribution in [0.4, 0.5) is 14.6 Å². The molecule has 2 aliphatic rings. The van der Waals surface area contributed by atoms with Crippen LogP contribution in [0.1, 0.15) is 44.6 Å². The smallest absolute Gasteiger partial charge is 0.257 e. The number of hydrogen-bond acceptors (Lipinski definition) is 5. The van der Waals surface area contributed by atoms with E-state index < -0.39 is 17.9 Å². The van der Waals surface area contributed by atoms with Gasteiger partial charge in [-0.3, -0.25) is 14.5 Å². The molecule has 3 atom stereocenters. The Labute approximate surface area is 185 Å². The van der Waals surface area contributed by atoms with E-state index in [1.807, 2.05) is 6.92 Å². The molecule has 2 N–H and O–H groups in total. The Bertz CT molecular complexity index is 987. The summed E-state index contributed by atoms with van der Waals surface area (Å²) in [6.45, 7) is 3.84. The zero-order valence-electron chi connectivity index (χ0n) is 18.2. The monoisotopic (exact) mass is 446 g/mol. The Morgan fingerprint density at radius 3 is 2.69 bits per heavy atom. The fourth-order valence-electron chi connectivity index (χ4n) is 4.06. The summed E-state index contributed by atoms with van der Waals surface area (Å²) in [5.74, 6) is -2.70. The van der Waals surface area contributed by atoms with Crippen molar-refractivity contribution in [3.63, 3.8) is 0 Å². The number of rotatable bonds is 7. The minimum Gasteiger partial charge on any atom is -0.489 e. The topological polar surface area (TPSA) is 87.3 Å². The third-order valence-electron chi connectivity index (χ3n) is 6.39. The van der Waals surface area contributed by atoms with Gasteiger partial charge < -0.3 is 15.0 Å². The number of pyridine rings is 2. The Kier molecular flexibility index (Phi) is 6.28. The first-order valence-electron chi connectivity index (χ1n) is 11.0. The van der Waals surface area contributed by atoms with Crippen LogP contribution >= 0.6 is 0 Å². The minimum absolute atomic E-state index is 0.00684. The van der Waals surface area contributed by atoms with E-state index in [0.29, 0.717) is 23.0 Å². The van der Waals surface area contributed by atoms with Crippen molar-refractivity contribution >= 4 is 11.7 Å². The van der Waals surface area contributed by atoms with Crippen molar-refractivity contribution in [2.45, 2.75) is 57.1 Å². The molecule has 0 radical (unpaired) electrons. The second-order valence-electron chi connectivity index (χ2n) is 8.75. The van der Waals surface area contributed by atoms with Crippen LogP contribution < -0.4 is 15.6 Å². The van der Waals surface area contributed by atoms with Gasteiger partial charge in [0.15, 0.2) is 0 Å². The highest BCUT2D eigenvalue weighted by molar-refractivity contribution is 5.93. The standard InChI is InChI=1S/C23H28F2N4O3/c1-14(22(31)28-20-7-6-18(12-26-20)32-15(2)16-3-4-16)29-10-9-23(24,25)19(13-29)17-5-8-21(30)27-11-17/h5-8,11-12,14-16,19H,3-4,9-10,13H2,1-2H3,(H,27,30)(H,26,28,31). The second-order valence-corrected chi connectivity index (χ2v) is 8.75. The number of piperidine rings is 1. The molecule has 2 aromatic rings. The second kappa shape index (κ2) is 8.97.